The highest BCUT2D eigenvalue weighted by Crippen LogP contribution is 2.29. The highest BCUT2D eigenvalue weighted by atomic mass is 32.2. The van der Waals surface area contributed by atoms with Crippen LogP contribution in [0.3, 0.4) is 0 Å². The topological polar surface area (TPSA) is 66.0 Å². The summed E-state index contributed by atoms with van der Waals surface area (Å²) in [6.07, 6.45) is -0.143. The molecule has 3 heterocycles. The van der Waals surface area contributed by atoms with E-state index in [0.29, 0.717) is 39.3 Å². The van der Waals surface area contributed by atoms with Crippen LogP contribution in [0.5, 0.6) is 0 Å². The second-order valence-electron chi connectivity index (χ2n) is 6.93. The van der Waals surface area contributed by atoms with E-state index in [1.807, 2.05) is 32.0 Å². The van der Waals surface area contributed by atoms with Crippen LogP contribution in [-0.2, 0) is 14.9 Å². The molecule has 26 heavy (non-hydrogen) atoms. The van der Waals surface area contributed by atoms with Gasteiger partial charge in [-0.25, -0.2) is 4.98 Å². The van der Waals surface area contributed by atoms with Gasteiger partial charge in [-0.2, -0.15) is 17.0 Å². The number of hydrogen-bond acceptors (Lipinski definition) is 6. The molecule has 1 aromatic carbocycles. The molecule has 2 aliphatic rings. The van der Waals surface area contributed by atoms with Gasteiger partial charge in [0.25, 0.3) is 10.2 Å². The molecule has 0 aliphatic carbocycles. The molecule has 2 fully saturated rings. The first-order valence-corrected chi connectivity index (χ1v) is 11.2. The molecule has 7 nitrogen and oxygen atoms in total. The Morgan fingerprint density at radius 1 is 1.04 bits per heavy atom. The fourth-order valence-corrected chi connectivity index (χ4v) is 6.35. The number of anilines is 1. The minimum absolute atomic E-state index is 0.0717. The maximum atomic E-state index is 13.0. The summed E-state index contributed by atoms with van der Waals surface area (Å²) in [7, 11) is -3.44. The predicted molar refractivity (Wildman–Crippen MR) is 104 cm³/mol. The lowest BCUT2D eigenvalue weighted by Gasteiger charge is -2.40. The molecule has 0 bridgehead atoms. The number of piperazine rings is 1. The standard InChI is InChI=1S/C17H24N4O3S2/c1-13-11-21(12-14(2)24-13)26(22,23)20-9-7-19(8-10-20)17-18-15-5-3-4-6-16(15)25-17/h3-6,13-14H,7-12H2,1-2H3/t13-,14-/m1/s1. The summed E-state index contributed by atoms with van der Waals surface area (Å²) in [4.78, 5) is 6.86. The lowest BCUT2D eigenvalue weighted by atomic mass is 10.3. The van der Waals surface area contributed by atoms with Gasteiger partial charge in [-0.3, -0.25) is 0 Å². The van der Waals surface area contributed by atoms with Crippen LogP contribution in [0.1, 0.15) is 13.8 Å². The molecule has 0 N–H and O–H groups in total. The van der Waals surface area contributed by atoms with Gasteiger partial charge in [-0.15, -0.1) is 0 Å². The van der Waals surface area contributed by atoms with Gasteiger partial charge in [0.1, 0.15) is 0 Å². The van der Waals surface area contributed by atoms with Crippen LogP contribution in [-0.4, -0.2) is 73.5 Å². The molecule has 4 rings (SSSR count). The van der Waals surface area contributed by atoms with E-state index >= 15 is 0 Å². The Balaban J connectivity index is 1.44. The van der Waals surface area contributed by atoms with Crippen molar-refractivity contribution in [2.45, 2.75) is 26.1 Å². The molecule has 2 atom stereocenters. The molecular formula is C17H24N4O3S2. The Hall–Kier alpha value is -1.26. The lowest BCUT2D eigenvalue weighted by molar-refractivity contribution is -0.0455. The van der Waals surface area contributed by atoms with Crippen LogP contribution in [0, 0.1) is 0 Å². The van der Waals surface area contributed by atoms with Crippen molar-refractivity contribution in [1.29, 1.82) is 0 Å². The summed E-state index contributed by atoms with van der Waals surface area (Å²) in [6, 6.07) is 8.08. The molecule has 1 aromatic heterocycles. The minimum Gasteiger partial charge on any atom is -0.373 e. The summed E-state index contributed by atoms with van der Waals surface area (Å²) in [5.41, 5.74) is 0.999. The van der Waals surface area contributed by atoms with Crippen molar-refractivity contribution in [1.82, 2.24) is 13.6 Å². The van der Waals surface area contributed by atoms with Crippen molar-refractivity contribution in [3.8, 4) is 0 Å². The quantitative estimate of drug-likeness (QED) is 0.791. The van der Waals surface area contributed by atoms with Gasteiger partial charge in [0.2, 0.25) is 0 Å². The first kappa shape index (κ1) is 18.1. The molecule has 142 valence electrons. The molecule has 0 saturated carbocycles. The molecule has 2 aromatic rings. The van der Waals surface area contributed by atoms with E-state index in [9.17, 15) is 8.42 Å². The Morgan fingerprint density at radius 3 is 2.35 bits per heavy atom. The van der Waals surface area contributed by atoms with Crippen LogP contribution in [0.15, 0.2) is 24.3 Å². The summed E-state index contributed by atoms with van der Waals surface area (Å²) in [5.74, 6) is 0. The van der Waals surface area contributed by atoms with Gasteiger partial charge >= 0.3 is 0 Å². The Morgan fingerprint density at radius 2 is 1.69 bits per heavy atom. The summed E-state index contributed by atoms with van der Waals surface area (Å²) in [6.45, 7) is 6.97. The van der Waals surface area contributed by atoms with E-state index in [2.05, 4.69) is 16.0 Å². The van der Waals surface area contributed by atoms with Gasteiger partial charge in [0.05, 0.1) is 22.4 Å². The Labute approximate surface area is 158 Å². The van der Waals surface area contributed by atoms with E-state index in [4.69, 9.17) is 4.74 Å². The van der Waals surface area contributed by atoms with Crippen molar-refractivity contribution in [2.24, 2.45) is 0 Å². The zero-order valence-electron chi connectivity index (χ0n) is 15.0. The van der Waals surface area contributed by atoms with Crippen molar-refractivity contribution >= 4 is 36.9 Å². The van der Waals surface area contributed by atoms with E-state index in [-0.39, 0.29) is 12.2 Å². The zero-order valence-corrected chi connectivity index (χ0v) is 16.7. The van der Waals surface area contributed by atoms with E-state index < -0.39 is 10.2 Å². The van der Waals surface area contributed by atoms with Crippen LogP contribution >= 0.6 is 11.3 Å². The molecular weight excluding hydrogens is 372 g/mol. The third-order valence-electron chi connectivity index (χ3n) is 4.83. The number of hydrogen-bond donors (Lipinski definition) is 0. The number of benzene rings is 1. The summed E-state index contributed by atoms with van der Waals surface area (Å²) >= 11 is 1.66. The lowest BCUT2D eigenvalue weighted by Crippen LogP contribution is -2.57. The average Bonchev–Trinajstić information content (AvgIpc) is 3.05. The van der Waals surface area contributed by atoms with Crippen molar-refractivity contribution in [3.63, 3.8) is 0 Å². The summed E-state index contributed by atoms with van der Waals surface area (Å²) in [5, 5.41) is 0.969. The minimum atomic E-state index is -3.44. The number of nitrogens with zero attached hydrogens (tertiary/aromatic N) is 4. The maximum absolute atomic E-state index is 13.0. The first-order valence-electron chi connectivity index (χ1n) is 8.94. The molecule has 0 radical (unpaired) electrons. The maximum Gasteiger partial charge on any atom is 0.282 e. The monoisotopic (exact) mass is 396 g/mol. The Bertz CT molecular complexity index is 834. The number of thiazole rings is 1. The number of fused-ring (bicyclic) bond motifs is 1. The van der Waals surface area contributed by atoms with Crippen molar-refractivity contribution in [3.05, 3.63) is 24.3 Å². The number of aromatic nitrogens is 1. The van der Waals surface area contributed by atoms with Crippen molar-refractivity contribution in [2.75, 3.05) is 44.2 Å². The summed E-state index contributed by atoms with van der Waals surface area (Å²) < 4.78 is 36.0. The predicted octanol–water partition coefficient (Wildman–Crippen LogP) is 1.77. The molecule has 0 spiro atoms. The van der Waals surface area contributed by atoms with E-state index in [0.717, 1.165) is 15.3 Å². The average molecular weight is 397 g/mol. The molecule has 2 saturated heterocycles. The largest absolute Gasteiger partial charge is 0.373 e. The van der Waals surface area contributed by atoms with Crippen LogP contribution in [0.4, 0.5) is 5.13 Å². The van der Waals surface area contributed by atoms with Gasteiger partial charge in [-0.1, -0.05) is 23.5 Å². The number of rotatable bonds is 3. The second kappa shape index (κ2) is 7.05. The number of ether oxygens (including phenoxy) is 1. The van der Waals surface area contributed by atoms with Crippen LogP contribution in [0.2, 0.25) is 0 Å². The van der Waals surface area contributed by atoms with Gasteiger partial charge in [0, 0.05) is 39.3 Å². The van der Waals surface area contributed by atoms with E-state index in [1.165, 1.54) is 0 Å². The number of para-hydroxylation sites is 1. The third-order valence-corrected chi connectivity index (χ3v) is 7.90. The fraction of sp³-hybridized carbons (Fsp3) is 0.588. The second-order valence-corrected chi connectivity index (χ2v) is 9.87. The van der Waals surface area contributed by atoms with Gasteiger partial charge < -0.3 is 9.64 Å². The molecule has 9 heteroatoms. The third kappa shape index (κ3) is 3.46. The van der Waals surface area contributed by atoms with Crippen LogP contribution in [0.25, 0.3) is 10.2 Å². The SMILES string of the molecule is C[C@@H]1CN(S(=O)(=O)N2CCN(c3nc4ccccc4s3)CC2)C[C@@H](C)O1. The first-order chi connectivity index (χ1) is 12.4. The zero-order chi connectivity index (χ0) is 18.3. The normalized spacial score (nSPS) is 26.5. The van der Waals surface area contributed by atoms with E-state index in [1.54, 1.807) is 19.9 Å². The van der Waals surface area contributed by atoms with Crippen LogP contribution < -0.4 is 4.90 Å². The fourth-order valence-electron chi connectivity index (χ4n) is 3.59. The van der Waals surface area contributed by atoms with Crippen molar-refractivity contribution < 1.29 is 13.2 Å². The smallest absolute Gasteiger partial charge is 0.282 e. The van der Waals surface area contributed by atoms with Gasteiger partial charge in [-0.05, 0) is 26.0 Å². The van der Waals surface area contributed by atoms with Gasteiger partial charge in [0.15, 0.2) is 5.13 Å². The highest BCUT2D eigenvalue weighted by molar-refractivity contribution is 7.86. The number of morpholine rings is 1. The molecule has 0 amide bonds. The Kier molecular flexibility index (Phi) is 4.91. The molecule has 0 unspecified atom stereocenters. The molecule has 2 aliphatic heterocycles. The highest BCUT2D eigenvalue weighted by Gasteiger charge is 2.37.